The highest BCUT2D eigenvalue weighted by Crippen LogP contribution is 2.06. The first-order valence-electron chi connectivity index (χ1n) is 4.70. The molecule has 1 atom stereocenters. The van der Waals surface area contributed by atoms with Crippen molar-refractivity contribution in [3.8, 4) is 6.07 Å². The fourth-order valence-corrected chi connectivity index (χ4v) is 1.26. The van der Waals surface area contributed by atoms with Crippen LogP contribution >= 0.6 is 0 Å². The monoisotopic (exact) mass is 193 g/mol. The summed E-state index contributed by atoms with van der Waals surface area (Å²) in [5, 5.41) is 19.4. The normalized spacial score (nSPS) is 12.4. The Morgan fingerprint density at radius 2 is 2.50 bits per heavy atom. The van der Waals surface area contributed by atoms with Gasteiger partial charge >= 0.3 is 0 Å². The van der Waals surface area contributed by atoms with Gasteiger partial charge in [0.05, 0.1) is 12.1 Å². The number of nitrogens with zero attached hydrogens (tertiary/aromatic N) is 4. The molecule has 0 aliphatic rings. The third-order valence-electron chi connectivity index (χ3n) is 2.05. The van der Waals surface area contributed by atoms with E-state index >= 15 is 0 Å². The lowest BCUT2D eigenvalue weighted by atomic mass is 10.3. The lowest BCUT2D eigenvalue weighted by molar-refractivity contribution is 0.522. The van der Waals surface area contributed by atoms with Crippen molar-refractivity contribution in [3.05, 3.63) is 12.2 Å². The first-order chi connectivity index (χ1) is 6.75. The minimum absolute atomic E-state index is 0.182. The maximum Gasteiger partial charge on any atom is 0.149 e. The molecule has 0 saturated heterocycles. The molecule has 0 aromatic carbocycles. The Labute approximate surface area is 83.8 Å². The first-order valence-corrected chi connectivity index (χ1v) is 4.70. The number of unbranched alkanes of at least 4 members (excludes halogenated alkanes) is 1. The first kappa shape index (κ1) is 10.7. The van der Waals surface area contributed by atoms with Crippen LogP contribution in [0.4, 0.5) is 0 Å². The van der Waals surface area contributed by atoms with Crippen molar-refractivity contribution >= 4 is 0 Å². The average molecular weight is 193 g/mol. The standard InChI is InChI=1S/C9H15N5/c1-8(11-6-4-3-5-10)9-13-12-7-14(9)2/h7-8,11H,3-4,6H2,1-2H3. The smallest absolute Gasteiger partial charge is 0.149 e. The average Bonchev–Trinajstić information content (AvgIpc) is 2.59. The Kier molecular flexibility index (Phi) is 4.08. The molecule has 0 fully saturated rings. The molecule has 5 nitrogen and oxygen atoms in total. The van der Waals surface area contributed by atoms with Crippen LogP contribution in [0, 0.1) is 11.3 Å². The van der Waals surface area contributed by atoms with E-state index in [0.29, 0.717) is 6.42 Å². The van der Waals surface area contributed by atoms with Crippen LogP contribution in [0.15, 0.2) is 6.33 Å². The SMILES string of the molecule is CC(NCCCC#N)c1nncn1C. The van der Waals surface area contributed by atoms with Crippen molar-refractivity contribution in [1.82, 2.24) is 20.1 Å². The molecule has 1 heterocycles. The van der Waals surface area contributed by atoms with E-state index in [1.807, 2.05) is 18.5 Å². The number of nitriles is 1. The Morgan fingerprint density at radius 3 is 3.07 bits per heavy atom. The van der Waals surface area contributed by atoms with Gasteiger partial charge in [-0.05, 0) is 19.9 Å². The van der Waals surface area contributed by atoms with Crippen molar-refractivity contribution < 1.29 is 0 Å². The van der Waals surface area contributed by atoms with Gasteiger partial charge in [-0.1, -0.05) is 0 Å². The predicted octanol–water partition coefficient (Wildman–Crippen LogP) is 0.769. The van der Waals surface area contributed by atoms with Crippen LogP contribution in [-0.2, 0) is 7.05 Å². The van der Waals surface area contributed by atoms with Gasteiger partial charge in [0.25, 0.3) is 0 Å². The molecule has 0 spiro atoms. The molecule has 0 amide bonds. The fourth-order valence-electron chi connectivity index (χ4n) is 1.26. The zero-order valence-electron chi connectivity index (χ0n) is 8.56. The third-order valence-corrected chi connectivity index (χ3v) is 2.05. The van der Waals surface area contributed by atoms with Gasteiger partial charge in [0, 0.05) is 13.5 Å². The van der Waals surface area contributed by atoms with Gasteiger partial charge in [0.15, 0.2) is 0 Å². The van der Waals surface area contributed by atoms with Crippen molar-refractivity contribution in [2.45, 2.75) is 25.8 Å². The van der Waals surface area contributed by atoms with E-state index in [1.54, 1.807) is 6.33 Å². The third kappa shape index (κ3) is 2.82. The molecule has 1 unspecified atom stereocenters. The van der Waals surface area contributed by atoms with Gasteiger partial charge in [-0.2, -0.15) is 5.26 Å². The number of rotatable bonds is 5. The number of hydrogen-bond acceptors (Lipinski definition) is 4. The molecule has 1 rings (SSSR count). The molecule has 1 N–H and O–H groups in total. The van der Waals surface area contributed by atoms with Crippen LogP contribution in [0.2, 0.25) is 0 Å². The summed E-state index contributed by atoms with van der Waals surface area (Å²) in [6, 6.07) is 2.30. The molecule has 5 heteroatoms. The summed E-state index contributed by atoms with van der Waals surface area (Å²) in [5.41, 5.74) is 0. The van der Waals surface area contributed by atoms with Crippen LogP contribution < -0.4 is 5.32 Å². The number of aryl methyl sites for hydroxylation is 1. The fraction of sp³-hybridized carbons (Fsp3) is 0.667. The van der Waals surface area contributed by atoms with Crippen LogP contribution in [0.3, 0.4) is 0 Å². The highest BCUT2D eigenvalue weighted by Gasteiger charge is 2.09. The lowest BCUT2D eigenvalue weighted by Gasteiger charge is -2.11. The molecule has 0 aliphatic heterocycles. The van der Waals surface area contributed by atoms with Crippen LogP contribution in [0.25, 0.3) is 0 Å². The second-order valence-corrected chi connectivity index (χ2v) is 3.24. The summed E-state index contributed by atoms with van der Waals surface area (Å²) in [6.07, 6.45) is 3.15. The number of aromatic nitrogens is 3. The van der Waals surface area contributed by atoms with E-state index in [-0.39, 0.29) is 6.04 Å². The quantitative estimate of drug-likeness (QED) is 0.701. The van der Waals surface area contributed by atoms with Gasteiger partial charge in [-0.25, -0.2) is 0 Å². The van der Waals surface area contributed by atoms with Gasteiger partial charge in [0.2, 0.25) is 0 Å². The Bertz CT molecular complexity index is 311. The summed E-state index contributed by atoms with van der Waals surface area (Å²) >= 11 is 0. The van der Waals surface area contributed by atoms with E-state index in [4.69, 9.17) is 5.26 Å². The Hall–Kier alpha value is -1.41. The minimum Gasteiger partial charge on any atom is -0.319 e. The predicted molar refractivity (Wildman–Crippen MR) is 52.3 cm³/mol. The molecule has 14 heavy (non-hydrogen) atoms. The van der Waals surface area contributed by atoms with Crippen LogP contribution in [-0.4, -0.2) is 21.3 Å². The molecule has 76 valence electrons. The molecule has 1 aromatic rings. The molecular formula is C9H15N5. The van der Waals surface area contributed by atoms with Crippen LogP contribution in [0.5, 0.6) is 0 Å². The Morgan fingerprint density at radius 1 is 1.71 bits per heavy atom. The van der Waals surface area contributed by atoms with Crippen molar-refractivity contribution in [2.75, 3.05) is 6.54 Å². The second kappa shape index (κ2) is 5.35. The maximum absolute atomic E-state index is 8.36. The van der Waals surface area contributed by atoms with E-state index in [2.05, 4.69) is 21.6 Å². The van der Waals surface area contributed by atoms with Crippen molar-refractivity contribution in [1.29, 1.82) is 5.26 Å². The van der Waals surface area contributed by atoms with Crippen LogP contribution in [0.1, 0.15) is 31.6 Å². The number of hydrogen-bond donors (Lipinski definition) is 1. The summed E-state index contributed by atoms with van der Waals surface area (Å²) in [7, 11) is 1.92. The Balaban J connectivity index is 2.33. The summed E-state index contributed by atoms with van der Waals surface area (Å²) in [4.78, 5) is 0. The van der Waals surface area contributed by atoms with Gasteiger partial charge in [-0.15, -0.1) is 10.2 Å². The second-order valence-electron chi connectivity index (χ2n) is 3.24. The zero-order chi connectivity index (χ0) is 10.4. The molecule has 0 saturated carbocycles. The topological polar surface area (TPSA) is 66.5 Å². The lowest BCUT2D eigenvalue weighted by Crippen LogP contribution is -2.22. The molecule has 0 radical (unpaired) electrons. The molecule has 1 aromatic heterocycles. The highest BCUT2D eigenvalue weighted by molar-refractivity contribution is 4.91. The zero-order valence-corrected chi connectivity index (χ0v) is 8.56. The van der Waals surface area contributed by atoms with Gasteiger partial charge in [-0.3, -0.25) is 0 Å². The van der Waals surface area contributed by atoms with E-state index in [0.717, 1.165) is 18.8 Å². The summed E-state index contributed by atoms with van der Waals surface area (Å²) < 4.78 is 1.89. The van der Waals surface area contributed by atoms with Gasteiger partial charge in [0.1, 0.15) is 12.2 Å². The molecular weight excluding hydrogens is 178 g/mol. The molecule has 0 bridgehead atoms. The van der Waals surface area contributed by atoms with Crippen molar-refractivity contribution in [3.63, 3.8) is 0 Å². The highest BCUT2D eigenvalue weighted by atomic mass is 15.3. The summed E-state index contributed by atoms with van der Waals surface area (Å²) in [5.74, 6) is 0.918. The van der Waals surface area contributed by atoms with E-state index in [1.165, 1.54) is 0 Å². The largest absolute Gasteiger partial charge is 0.319 e. The van der Waals surface area contributed by atoms with Crippen molar-refractivity contribution in [2.24, 2.45) is 7.05 Å². The van der Waals surface area contributed by atoms with E-state index in [9.17, 15) is 0 Å². The van der Waals surface area contributed by atoms with E-state index < -0.39 is 0 Å². The minimum atomic E-state index is 0.182. The van der Waals surface area contributed by atoms with Gasteiger partial charge < -0.3 is 9.88 Å². The summed E-state index contributed by atoms with van der Waals surface area (Å²) in [6.45, 7) is 2.87. The molecule has 0 aliphatic carbocycles. The maximum atomic E-state index is 8.36. The number of nitrogens with one attached hydrogen (secondary N) is 1.